The van der Waals surface area contributed by atoms with Crippen molar-refractivity contribution in [3.8, 4) is 16.9 Å². The zero-order valence-electron chi connectivity index (χ0n) is 14.3. The third-order valence-electron chi connectivity index (χ3n) is 3.22. The third-order valence-corrected chi connectivity index (χ3v) is 4.26. The zero-order chi connectivity index (χ0) is 17.9. The Bertz CT molecular complexity index is 806. The molecule has 0 aliphatic rings. The molecule has 0 aliphatic heterocycles. The van der Waals surface area contributed by atoms with Crippen molar-refractivity contribution in [1.82, 2.24) is 9.27 Å². The maximum Gasteiger partial charge on any atom is 0.218 e. The first kappa shape index (κ1) is 18.2. The Balaban J connectivity index is 2.35. The summed E-state index contributed by atoms with van der Waals surface area (Å²) < 4.78 is 10.2. The van der Waals surface area contributed by atoms with E-state index in [1.807, 2.05) is 45.8 Å². The molecule has 5 nitrogen and oxygen atoms in total. The van der Waals surface area contributed by atoms with Crippen molar-refractivity contribution in [3.63, 3.8) is 0 Å². The van der Waals surface area contributed by atoms with Crippen LogP contribution in [-0.4, -0.2) is 29.7 Å². The second kappa shape index (κ2) is 7.65. The van der Waals surface area contributed by atoms with Crippen LogP contribution < -0.4 is 4.74 Å². The van der Waals surface area contributed by atoms with E-state index in [1.165, 1.54) is 11.5 Å². The number of benzene rings is 1. The SMILES string of the molecule is Cc1cc(N=CN(C)C)c(Cl)cc1Oc1snc(C(C)C)c1C#N. The fourth-order valence-corrected chi connectivity index (χ4v) is 3.04. The van der Waals surface area contributed by atoms with Crippen LogP contribution in [0.2, 0.25) is 5.02 Å². The standard InChI is InChI=1S/C17H19ClN4OS/c1-10(2)16-12(8-19)17(24-21-16)23-15-7-13(18)14(6-11(15)3)20-9-22(4)5/h6-7,9-10H,1-5H3. The molecule has 0 saturated carbocycles. The highest BCUT2D eigenvalue weighted by Gasteiger charge is 2.19. The second-order valence-electron chi connectivity index (χ2n) is 5.88. The summed E-state index contributed by atoms with van der Waals surface area (Å²) in [7, 11) is 3.78. The van der Waals surface area contributed by atoms with Crippen molar-refractivity contribution in [3.05, 3.63) is 34.0 Å². The van der Waals surface area contributed by atoms with Crippen molar-refractivity contribution in [2.75, 3.05) is 14.1 Å². The predicted molar refractivity (Wildman–Crippen MR) is 99.0 cm³/mol. The molecule has 1 aromatic heterocycles. The van der Waals surface area contributed by atoms with Crippen LogP contribution in [0, 0.1) is 18.3 Å². The van der Waals surface area contributed by atoms with Gasteiger partial charge in [-0.15, -0.1) is 0 Å². The molecule has 0 amide bonds. The molecule has 0 radical (unpaired) electrons. The topological polar surface area (TPSA) is 61.5 Å². The molecule has 0 N–H and O–H groups in total. The molecule has 24 heavy (non-hydrogen) atoms. The van der Waals surface area contributed by atoms with Crippen LogP contribution in [0.1, 0.15) is 36.6 Å². The molecule has 0 aliphatic carbocycles. The molecule has 0 bridgehead atoms. The van der Waals surface area contributed by atoms with Gasteiger partial charge < -0.3 is 9.64 Å². The molecule has 1 heterocycles. The molecule has 2 rings (SSSR count). The van der Waals surface area contributed by atoms with Crippen molar-refractivity contribution < 1.29 is 4.74 Å². The van der Waals surface area contributed by atoms with Crippen LogP contribution >= 0.6 is 23.1 Å². The lowest BCUT2D eigenvalue weighted by Crippen LogP contribution is -2.07. The van der Waals surface area contributed by atoms with Crippen LogP contribution in [0.5, 0.6) is 10.8 Å². The van der Waals surface area contributed by atoms with Crippen LogP contribution in [0.4, 0.5) is 5.69 Å². The van der Waals surface area contributed by atoms with E-state index in [0.717, 1.165) is 11.3 Å². The number of hydrogen-bond donors (Lipinski definition) is 0. The van der Waals surface area contributed by atoms with Crippen LogP contribution in [0.3, 0.4) is 0 Å². The van der Waals surface area contributed by atoms with Crippen molar-refractivity contribution in [1.29, 1.82) is 5.26 Å². The Morgan fingerprint density at radius 3 is 2.71 bits per heavy atom. The smallest absolute Gasteiger partial charge is 0.218 e. The first-order valence-corrected chi connectivity index (χ1v) is 8.57. The summed E-state index contributed by atoms with van der Waals surface area (Å²) in [4.78, 5) is 6.16. The zero-order valence-corrected chi connectivity index (χ0v) is 15.9. The summed E-state index contributed by atoms with van der Waals surface area (Å²) in [6.45, 7) is 5.91. The van der Waals surface area contributed by atoms with Gasteiger partial charge in [0.05, 0.1) is 22.7 Å². The van der Waals surface area contributed by atoms with Gasteiger partial charge in [-0.1, -0.05) is 25.4 Å². The molecule has 0 saturated heterocycles. The van der Waals surface area contributed by atoms with Gasteiger partial charge in [0.25, 0.3) is 0 Å². The first-order valence-electron chi connectivity index (χ1n) is 7.41. The lowest BCUT2D eigenvalue weighted by molar-refractivity contribution is 0.490. The second-order valence-corrected chi connectivity index (χ2v) is 7.02. The van der Waals surface area contributed by atoms with Gasteiger partial charge in [0, 0.05) is 31.7 Å². The number of aryl methyl sites for hydroxylation is 1. The summed E-state index contributed by atoms with van der Waals surface area (Å²) in [5, 5.41) is 10.4. The summed E-state index contributed by atoms with van der Waals surface area (Å²) in [5.74, 6) is 0.764. The van der Waals surface area contributed by atoms with E-state index in [9.17, 15) is 5.26 Å². The molecule has 2 aromatic rings. The molecule has 7 heteroatoms. The van der Waals surface area contributed by atoms with Gasteiger partial charge >= 0.3 is 0 Å². The van der Waals surface area contributed by atoms with E-state index in [0.29, 0.717) is 27.1 Å². The van der Waals surface area contributed by atoms with Crippen LogP contribution in [0.25, 0.3) is 0 Å². The van der Waals surface area contributed by atoms with Gasteiger partial charge in [-0.05, 0) is 24.5 Å². The molecular weight excluding hydrogens is 344 g/mol. The molecule has 0 unspecified atom stereocenters. The highest BCUT2D eigenvalue weighted by atomic mass is 35.5. The van der Waals surface area contributed by atoms with E-state index in [1.54, 1.807) is 12.4 Å². The van der Waals surface area contributed by atoms with E-state index in [-0.39, 0.29) is 5.92 Å². The number of rotatable bonds is 5. The van der Waals surface area contributed by atoms with E-state index >= 15 is 0 Å². The molecule has 1 aromatic carbocycles. The molecule has 0 fully saturated rings. The monoisotopic (exact) mass is 362 g/mol. The molecule has 126 valence electrons. The predicted octanol–water partition coefficient (Wildman–Crippen LogP) is 5.11. The van der Waals surface area contributed by atoms with Crippen molar-refractivity contribution in [2.24, 2.45) is 4.99 Å². The van der Waals surface area contributed by atoms with Gasteiger partial charge in [-0.25, -0.2) is 4.99 Å². The summed E-state index contributed by atoms with van der Waals surface area (Å²) in [6.07, 6.45) is 1.69. The maximum atomic E-state index is 9.39. The van der Waals surface area contributed by atoms with Gasteiger partial charge in [0.1, 0.15) is 17.4 Å². The first-order chi connectivity index (χ1) is 11.3. The Labute approximate surface area is 151 Å². The number of aliphatic imine (C=N–C) groups is 1. The lowest BCUT2D eigenvalue weighted by Gasteiger charge is -2.10. The van der Waals surface area contributed by atoms with Gasteiger partial charge in [-0.2, -0.15) is 9.64 Å². The lowest BCUT2D eigenvalue weighted by atomic mass is 10.1. The fourth-order valence-electron chi connectivity index (χ4n) is 1.99. The van der Waals surface area contributed by atoms with Gasteiger partial charge in [0.2, 0.25) is 5.06 Å². The summed E-state index contributed by atoms with van der Waals surface area (Å²) >= 11 is 7.47. The Morgan fingerprint density at radius 1 is 1.42 bits per heavy atom. The van der Waals surface area contributed by atoms with Crippen molar-refractivity contribution >= 4 is 35.2 Å². The minimum Gasteiger partial charge on any atom is -0.443 e. The van der Waals surface area contributed by atoms with Crippen molar-refractivity contribution in [2.45, 2.75) is 26.7 Å². The highest BCUT2D eigenvalue weighted by Crippen LogP contribution is 2.38. The average Bonchev–Trinajstić information content (AvgIpc) is 2.92. The normalized spacial score (nSPS) is 11.1. The molecular formula is C17H19ClN4OS. The van der Waals surface area contributed by atoms with E-state index < -0.39 is 0 Å². The summed E-state index contributed by atoms with van der Waals surface area (Å²) in [5.41, 5.74) is 2.80. The Morgan fingerprint density at radius 2 is 2.12 bits per heavy atom. The average molecular weight is 363 g/mol. The van der Waals surface area contributed by atoms with Crippen LogP contribution in [0.15, 0.2) is 17.1 Å². The Hall–Kier alpha value is -2.10. The number of nitrogens with zero attached hydrogens (tertiary/aromatic N) is 4. The van der Waals surface area contributed by atoms with Crippen LogP contribution in [-0.2, 0) is 0 Å². The fraction of sp³-hybridized carbons (Fsp3) is 0.353. The number of ether oxygens (including phenoxy) is 1. The maximum absolute atomic E-state index is 9.39. The molecule has 0 spiro atoms. The number of halogens is 1. The molecule has 0 atom stereocenters. The van der Waals surface area contributed by atoms with Gasteiger partial charge in [0.15, 0.2) is 0 Å². The number of nitriles is 1. The third kappa shape index (κ3) is 4.05. The Kier molecular flexibility index (Phi) is 5.81. The highest BCUT2D eigenvalue weighted by molar-refractivity contribution is 7.08. The minimum absolute atomic E-state index is 0.167. The van der Waals surface area contributed by atoms with E-state index in [2.05, 4.69) is 15.4 Å². The quantitative estimate of drug-likeness (QED) is 0.547. The number of aromatic nitrogens is 1. The summed E-state index contributed by atoms with van der Waals surface area (Å²) in [6, 6.07) is 5.76. The number of hydrogen-bond acceptors (Lipinski definition) is 5. The minimum atomic E-state index is 0.167. The van der Waals surface area contributed by atoms with Gasteiger partial charge in [-0.3, -0.25) is 0 Å². The van der Waals surface area contributed by atoms with E-state index in [4.69, 9.17) is 16.3 Å². The largest absolute Gasteiger partial charge is 0.443 e.